The van der Waals surface area contributed by atoms with E-state index in [0.717, 1.165) is 33.3 Å². The predicted octanol–water partition coefficient (Wildman–Crippen LogP) is 6.01. The number of carbonyl (C=O) groups is 3. The highest BCUT2D eigenvalue weighted by molar-refractivity contribution is 9.10. The van der Waals surface area contributed by atoms with E-state index < -0.39 is 17.4 Å². The standard InChI is InChI=1S/C38H36BrN3O5/c1-26(9-7-16-36(45)40-23-29-12-6-5-11-28(29)20-33(40)24-43)38(47)34-21-30(39)17-18-35(34)41(37(38)46)22-27-10-8-15-32(19-27)42(25-44)31-13-3-2-4-14-31/h2-15,17-19,21,25-26,33,43,47H,16,20,22-24H2,1H3/b9-7+/t26-,33+,38+/m1/s1. The molecule has 6 rings (SSSR count). The molecule has 2 aliphatic rings. The van der Waals surface area contributed by atoms with E-state index in [2.05, 4.69) is 15.9 Å². The fourth-order valence-corrected chi connectivity index (χ4v) is 6.96. The van der Waals surface area contributed by atoms with Gasteiger partial charge in [0.25, 0.3) is 5.91 Å². The maximum atomic E-state index is 14.1. The van der Waals surface area contributed by atoms with Crippen molar-refractivity contribution >= 4 is 51.2 Å². The molecule has 0 bridgehead atoms. The second-order valence-corrected chi connectivity index (χ2v) is 13.0. The molecule has 2 N–H and O–H groups in total. The van der Waals surface area contributed by atoms with Crippen molar-refractivity contribution in [1.82, 2.24) is 4.90 Å². The predicted molar refractivity (Wildman–Crippen MR) is 185 cm³/mol. The Morgan fingerprint density at radius 3 is 2.47 bits per heavy atom. The van der Waals surface area contributed by atoms with E-state index in [1.54, 1.807) is 34.9 Å². The number of rotatable bonds is 10. The van der Waals surface area contributed by atoms with Crippen molar-refractivity contribution in [2.45, 2.75) is 44.5 Å². The van der Waals surface area contributed by atoms with Crippen LogP contribution < -0.4 is 9.80 Å². The largest absolute Gasteiger partial charge is 0.394 e. The van der Waals surface area contributed by atoms with Crippen LogP contribution in [0.2, 0.25) is 0 Å². The summed E-state index contributed by atoms with van der Waals surface area (Å²) in [6.07, 6.45) is 4.85. The van der Waals surface area contributed by atoms with Crippen LogP contribution in [0.5, 0.6) is 0 Å². The zero-order valence-corrected chi connectivity index (χ0v) is 27.6. The van der Waals surface area contributed by atoms with Gasteiger partial charge in [0.15, 0.2) is 5.60 Å². The van der Waals surface area contributed by atoms with Gasteiger partial charge in [0.1, 0.15) is 0 Å². The Morgan fingerprint density at radius 2 is 1.72 bits per heavy atom. The minimum absolute atomic E-state index is 0.0732. The molecular formula is C38H36BrN3O5. The number of fused-ring (bicyclic) bond motifs is 2. The topological polar surface area (TPSA) is 101 Å². The SMILES string of the molecule is C[C@H](/C=C/CC(=O)N1Cc2ccccc2C[C@H]1CO)[C@@]1(O)C(=O)N(Cc2cccc(N(C=O)c3ccccc3)c2)c2ccc(Br)cc21. The molecule has 0 unspecified atom stereocenters. The normalized spacial score (nSPS) is 19.4. The first kappa shape index (κ1) is 32.4. The first-order valence-corrected chi connectivity index (χ1v) is 16.4. The third-order valence-electron chi connectivity index (χ3n) is 9.16. The van der Waals surface area contributed by atoms with Crippen molar-refractivity contribution in [3.63, 3.8) is 0 Å². The highest BCUT2D eigenvalue weighted by Gasteiger charge is 2.52. The first-order valence-electron chi connectivity index (χ1n) is 15.6. The number of benzene rings is 4. The minimum atomic E-state index is -1.87. The number of halogens is 1. The Bertz CT molecular complexity index is 1830. The van der Waals surface area contributed by atoms with Crippen molar-refractivity contribution in [1.29, 1.82) is 0 Å². The van der Waals surface area contributed by atoms with Gasteiger partial charge in [0, 0.05) is 40.3 Å². The molecule has 2 aliphatic heterocycles. The maximum Gasteiger partial charge on any atom is 0.264 e. The summed E-state index contributed by atoms with van der Waals surface area (Å²) >= 11 is 3.50. The molecule has 0 saturated carbocycles. The fraction of sp³-hybridized carbons (Fsp3) is 0.237. The Morgan fingerprint density at radius 1 is 1.00 bits per heavy atom. The molecule has 0 radical (unpaired) electrons. The summed E-state index contributed by atoms with van der Waals surface area (Å²) in [4.78, 5) is 44.3. The molecule has 0 aliphatic carbocycles. The number of aliphatic hydroxyl groups excluding tert-OH is 1. The first-order chi connectivity index (χ1) is 22.7. The number of aliphatic hydroxyl groups is 2. The number of hydrogen-bond donors (Lipinski definition) is 2. The molecule has 47 heavy (non-hydrogen) atoms. The summed E-state index contributed by atoms with van der Waals surface area (Å²) in [6.45, 7) is 2.25. The van der Waals surface area contributed by atoms with Gasteiger partial charge in [-0.1, -0.05) is 89.6 Å². The number of carbonyl (C=O) groups excluding carboxylic acids is 3. The average molecular weight is 695 g/mol. The average Bonchev–Trinajstić information content (AvgIpc) is 3.30. The van der Waals surface area contributed by atoms with E-state index in [-0.39, 0.29) is 31.5 Å². The van der Waals surface area contributed by atoms with Crippen LogP contribution >= 0.6 is 15.9 Å². The van der Waals surface area contributed by atoms with Crippen molar-refractivity contribution < 1.29 is 24.6 Å². The van der Waals surface area contributed by atoms with Gasteiger partial charge in [0.05, 0.1) is 24.9 Å². The summed E-state index contributed by atoms with van der Waals surface area (Å²) < 4.78 is 0.725. The van der Waals surface area contributed by atoms with Crippen LogP contribution in [0.15, 0.2) is 114 Å². The van der Waals surface area contributed by atoms with E-state index >= 15 is 0 Å². The lowest BCUT2D eigenvalue weighted by molar-refractivity contribution is -0.139. The van der Waals surface area contributed by atoms with Gasteiger partial charge in [-0.25, -0.2) is 0 Å². The van der Waals surface area contributed by atoms with E-state index in [4.69, 9.17) is 0 Å². The Labute approximate surface area is 282 Å². The van der Waals surface area contributed by atoms with Gasteiger partial charge < -0.3 is 20.0 Å². The van der Waals surface area contributed by atoms with Gasteiger partial charge in [-0.2, -0.15) is 0 Å². The zero-order valence-electron chi connectivity index (χ0n) is 26.0. The maximum absolute atomic E-state index is 14.1. The molecule has 3 amide bonds. The third-order valence-corrected chi connectivity index (χ3v) is 9.66. The molecule has 0 saturated heterocycles. The minimum Gasteiger partial charge on any atom is -0.394 e. The lowest BCUT2D eigenvalue weighted by Gasteiger charge is -2.36. The molecule has 3 atom stereocenters. The number of anilines is 3. The summed E-state index contributed by atoms with van der Waals surface area (Å²) in [7, 11) is 0. The van der Waals surface area contributed by atoms with Crippen LogP contribution in [0, 0.1) is 5.92 Å². The second-order valence-electron chi connectivity index (χ2n) is 12.1. The number of amides is 3. The molecular weight excluding hydrogens is 658 g/mol. The molecule has 2 heterocycles. The number of hydrogen-bond acceptors (Lipinski definition) is 5. The molecule has 0 spiro atoms. The second kappa shape index (κ2) is 13.7. The van der Waals surface area contributed by atoms with Gasteiger partial charge in [0.2, 0.25) is 12.3 Å². The van der Waals surface area contributed by atoms with Gasteiger partial charge in [-0.15, -0.1) is 0 Å². The van der Waals surface area contributed by atoms with Crippen molar-refractivity contribution in [2.75, 3.05) is 16.4 Å². The Kier molecular flexibility index (Phi) is 9.40. The molecule has 8 nitrogen and oxygen atoms in total. The van der Waals surface area contributed by atoms with Gasteiger partial charge >= 0.3 is 0 Å². The Balaban J connectivity index is 1.21. The third kappa shape index (κ3) is 6.26. The number of para-hydroxylation sites is 1. The van der Waals surface area contributed by atoms with Gasteiger partial charge in [-0.05, 0) is 65.6 Å². The fourth-order valence-electron chi connectivity index (χ4n) is 6.59. The highest BCUT2D eigenvalue weighted by Crippen LogP contribution is 2.47. The van der Waals surface area contributed by atoms with Crippen LogP contribution in [0.1, 0.15) is 35.6 Å². The van der Waals surface area contributed by atoms with Crippen molar-refractivity contribution in [3.05, 3.63) is 136 Å². The molecule has 9 heteroatoms. The van der Waals surface area contributed by atoms with Crippen molar-refractivity contribution in [2.24, 2.45) is 5.92 Å². The monoisotopic (exact) mass is 693 g/mol. The summed E-state index contributed by atoms with van der Waals surface area (Å²) in [5, 5.41) is 22.1. The summed E-state index contributed by atoms with van der Waals surface area (Å²) in [5.41, 5.74) is 3.57. The van der Waals surface area contributed by atoms with E-state index in [1.807, 2.05) is 91.0 Å². The lowest BCUT2D eigenvalue weighted by Crippen LogP contribution is -2.46. The summed E-state index contributed by atoms with van der Waals surface area (Å²) in [5.74, 6) is -1.26. The summed E-state index contributed by atoms with van der Waals surface area (Å²) in [6, 6.07) is 29.8. The smallest absolute Gasteiger partial charge is 0.264 e. The molecule has 4 aromatic carbocycles. The Hall–Kier alpha value is -4.57. The van der Waals surface area contributed by atoms with Crippen molar-refractivity contribution in [3.8, 4) is 0 Å². The van der Waals surface area contributed by atoms with E-state index in [1.165, 1.54) is 4.90 Å². The quantitative estimate of drug-likeness (QED) is 0.157. The molecule has 240 valence electrons. The van der Waals surface area contributed by atoms with E-state index in [9.17, 15) is 24.6 Å². The zero-order chi connectivity index (χ0) is 33.1. The van der Waals surface area contributed by atoms with Crippen LogP contribution in [-0.2, 0) is 39.5 Å². The highest BCUT2D eigenvalue weighted by atomic mass is 79.9. The van der Waals surface area contributed by atoms with Crippen LogP contribution in [0.4, 0.5) is 17.1 Å². The number of nitrogens with zero attached hydrogens (tertiary/aromatic N) is 3. The van der Waals surface area contributed by atoms with Crippen LogP contribution in [0.25, 0.3) is 0 Å². The van der Waals surface area contributed by atoms with Gasteiger partial charge in [-0.3, -0.25) is 19.3 Å². The van der Waals surface area contributed by atoms with Crippen LogP contribution in [-0.4, -0.2) is 46.0 Å². The molecule has 0 fully saturated rings. The molecule has 0 aromatic heterocycles. The van der Waals surface area contributed by atoms with Crippen LogP contribution in [0.3, 0.4) is 0 Å². The lowest BCUT2D eigenvalue weighted by atomic mass is 9.83. The molecule has 4 aromatic rings. The van der Waals surface area contributed by atoms with E-state index in [0.29, 0.717) is 29.9 Å².